The van der Waals surface area contributed by atoms with Crippen molar-refractivity contribution in [2.45, 2.75) is 0 Å². The zero-order valence-electron chi connectivity index (χ0n) is 18.7. The fourth-order valence-corrected chi connectivity index (χ4v) is 10.5. The van der Waals surface area contributed by atoms with Gasteiger partial charge in [0.1, 0.15) is 0 Å². The summed E-state index contributed by atoms with van der Waals surface area (Å²) in [5.41, 5.74) is 5.54. The van der Waals surface area contributed by atoms with Gasteiger partial charge in [0, 0.05) is 72.7 Å². The molecule has 6 heteroatoms. The van der Waals surface area contributed by atoms with Crippen LogP contribution in [0.25, 0.3) is 72.7 Å². The summed E-state index contributed by atoms with van der Waals surface area (Å²) in [5.74, 6) is 0. The number of hydrogen-bond acceptors (Lipinski definition) is 6. The third-order valence-corrected chi connectivity index (χ3v) is 12.1. The third kappa shape index (κ3) is 3.06. The van der Waals surface area contributed by atoms with Gasteiger partial charge >= 0.3 is 0 Å². The molecule has 6 heterocycles. The summed E-state index contributed by atoms with van der Waals surface area (Å²) in [7, 11) is 0. The number of thiophene rings is 6. The fourth-order valence-electron chi connectivity index (χ4n) is 5.31. The molecule has 0 spiro atoms. The SMILES string of the molecule is c1csc(-c2c3ccsc3c(-c3cccs3)c3c(-c4cccs4)c4sccc4c(-c4cccs4)c23)c1. The van der Waals surface area contributed by atoms with E-state index in [2.05, 4.69) is 92.9 Å². The zero-order valence-corrected chi connectivity index (χ0v) is 23.6. The second kappa shape index (κ2) is 8.48. The molecule has 0 nitrogen and oxygen atoms in total. The Labute approximate surface area is 232 Å². The van der Waals surface area contributed by atoms with Gasteiger partial charge in [-0.15, -0.1) is 68.0 Å². The van der Waals surface area contributed by atoms with Crippen molar-refractivity contribution < 1.29 is 0 Å². The Kier molecular flexibility index (Phi) is 5.07. The predicted molar refractivity (Wildman–Crippen MR) is 168 cm³/mol. The molecule has 0 fully saturated rings. The highest BCUT2D eigenvalue weighted by Crippen LogP contribution is 2.56. The maximum absolute atomic E-state index is 2.34. The number of benzene rings is 2. The average Bonchev–Trinajstić information content (AvgIpc) is 3.73. The van der Waals surface area contributed by atoms with Gasteiger partial charge in [-0.3, -0.25) is 0 Å². The van der Waals surface area contributed by atoms with E-state index in [0.717, 1.165) is 0 Å². The second-order valence-corrected chi connectivity index (χ2v) is 14.1. The van der Waals surface area contributed by atoms with Crippen LogP contribution in [-0.4, -0.2) is 0 Å². The van der Waals surface area contributed by atoms with E-state index >= 15 is 0 Å². The van der Waals surface area contributed by atoms with Crippen LogP contribution in [0.3, 0.4) is 0 Å². The van der Waals surface area contributed by atoms with Crippen LogP contribution in [-0.2, 0) is 0 Å². The zero-order chi connectivity index (χ0) is 23.6. The lowest BCUT2D eigenvalue weighted by atomic mass is 9.86. The maximum atomic E-state index is 2.34. The Bertz CT molecular complexity index is 1680. The van der Waals surface area contributed by atoms with Crippen molar-refractivity contribution in [3.63, 3.8) is 0 Å². The molecule has 0 amide bonds. The van der Waals surface area contributed by atoms with E-state index in [-0.39, 0.29) is 0 Å². The van der Waals surface area contributed by atoms with E-state index in [1.54, 1.807) is 0 Å². The molecule has 0 atom stereocenters. The summed E-state index contributed by atoms with van der Waals surface area (Å²) in [6.45, 7) is 0. The normalized spacial score (nSPS) is 11.9. The molecule has 36 heavy (non-hydrogen) atoms. The molecule has 0 N–H and O–H groups in total. The Morgan fingerprint density at radius 1 is 0.333 bits per heavy atom. The van der Waals surface area contributed by atoms with E-state index in [0.29, 0.717) is 0 Å². The lowest BCUT2D eigenvalue weighted by Gasteiger charge is -2.20. The first-order chi connectivity index (χ1) is 17.9. The van der Waals surface area contributed by atoms with Crippen molar-refractivity contribution in [2.75, 3.05) is 0 Å². The summed E-state index contributed by atoms with van der Waals surface area (Å²) < 4.78 is 2.78. The van der Waals surface area contributed by atoms with Gasteiger partial charge in [0.2, 0.25) is 0 Å². The first-order valence-electron chi connectivity index (χ1n) is 11.5. The highest BCUT2D eigenvalue weighted by molar-refractivity contribution is 7.21. The van der Waals surface area contributed by atoms with Gasteiger partial charge in [0.15, 0.2) is 0 Å². The number of rotatable bonds is 4. The summed E-state index contributed by atoms with van der Waals surface area (Å²) >= 11 is 11.1. The smallest absolute Gasteiger partial charge is 0.0442 e. The lowest BCUT2D eigenvalue weighted by Crippen LogP contribution is -1.92. The molecular weight excluding hydrogens is 553 g/mol. The van der Waals surface area contributed by atoms with Crippen molar-refractivity contribution in [1.82, 2.24) is 0 Å². The predicted octanol–water partition coefficient (Wildman–Crippen LogP) is 12.2. The Balaban J connectivity index is 1.76. The van der Waals surface area contributed by atoms with Crippen molar-refractivity contribution >= 4 is 99.0 Å². The van der Waals surface area contributed by atoms with Crippen LogP contribution in [0.15, 0.2) is 92.9 Å². The molecular formula is C30H16S6. The Morgan fingerprint density at radius 2 is 0.694 bits per heavy atom. The molecule has 6 aromatic heterocycles. The summed E-state index contributed by atoms with van der Waals surface area (Å²) in [4.78, 5) is 5.36. The topological polar surface area (TPSA) is 0 Å². The summed E-state index contributed by atoms with van der Waals surface area (Å²) in [5, 5.41) is 18.9. The number of fused-ring (bicyclic) bond motifs is 3. The van der Waals surface area contributed by atoms with Gasteiger partial charge in [-0.2, -0.15) is 0 Å². The Hall–Kier alpha value is -2.58. The van der Waals surface area contributed by atoms with E-state index in [1.807, 2.05) is 68.0 Å². The second-order valence-electron chi connectivity index (χ2n) is 8.49. The van der Waals surface area contributed by atoms with E-state index < -0.39 is 0 Å². The highest BCUT2D eigenvalue weighted by atomic mass is 32.1. The van der Waals surface area contributed by atoms with Crippen LogP contribution in [0, 0.1) is 0 Å². The van der Waals surface area contributed by atoms with Gasteiger partial charge in [0.25, 0.3) is 0 Å². The maximum Gasteiger partial charge on any atom is 0.0442 e. The van der Waals surface area contributed by atoms with Gasteiger partial charge in [-0.1, -0.05) is 24.3 Å². The van der Waals surface area contributed by atoms with Crippen LogP contribution in [0.4, 0.5) is 0 Å². The minimum atomic E-state index is 1.34. The highest BCUT2D eigenvalue weighted by Gasteiger charge is 2.27. The molecule has 8 rings (SSSR count). The van der Waals surface area contributed by atoms with Gasteiger partial charge in [-0.25, -0.2) is 0 Å². The standard InChI is InChI=1S/C30H16S6/c1-5-19(31-11-1)23-17-9-15-35-29(17)25(21-7-3-13-33-21)28-26(22-8-4-14-34-22)30-18(10-16-36-30)24(27(23)28)20-6-2-12-32-20/h1-16H. The molecule has 0 aliphatic rings. The lowest BCUT2D eigenvalue weighted by molar-refractivity contribution is 1.83. The fraction of sp³-hybridized carbons (Fsp3) is 0. The van der Waals surface area contributed by atoms with E-state index in [9.17, 15) is 0 Å². The van der Waals surface area contributed by atoms with Crippen LogP contribution >= 0.6 is 68.0 Å². The largest absolute Gasteiger partial charge is 0.144 e. The number of hydrogen-bond donors (Lipinski definition) is 0. The molecule has 0 bridgehead atoms. The molecule has 0 radical (unpaired) electrons. The molecule has 0 aliphatic heterocycles. The molecule has 0 aliphatic carbocycles. The summed E-state index contributed by atoms with van der Waals surface area (Å²) in [6.07, 6.45) is 0. The minimum Gasteiger partial charge on any atom is -0.144 e. The molecule has 8 aromatic rings. The first kappa shape index (κ1) is 21.5. The molecule has 0 saturated heterocycles. The Morgan fingerprint density at radius 3 is 1.06 bits per heavy atom. The van der Waals surface area contributed by atoms with Crippen molar-refractivity contribution in [2.24, 2.45) is 0 Å². The van der Waals surface area contributed by atoms with E-state index in [4.69, 9.17) is 0 Å². The van der Waals surface area contributed by atoms with Gasteiger partial charge < -0.3 is 0 Å². The van der Waals surface area contributed by atoms with Crippen LogP contribution in [0.1, 0.15) is 0 Å². The first-order valence-corrected chi connectivity index (χ1v) is 16.7. The van der Waals surface area contributed by atoms with Crippen molar-refractivity contribution in [3.8, 4) is 41.8 Å². The monoisotopic (exact) mass is 568 g/mol. The van der Waals surface area contributed by atoms with E-state index in [1.165, 1.54) is 72.7 Å². The van der Waals surface area contributed by atoms with Crippen LogP contribution < -0.4 is 0 Å². The average molecular weight is 569 g/mol. The van der Waals surface area contributed by atoms with Gasteiger partial charge in [-0.05, 0) is 68.7 Å². The van der Waals surface area contributed by atoms with Crippen LogP contribution in [0.2, 0.25) is 0 Å². The third-order valence-electron chi connectivity index (χ3n) is 6.64. The van der Waals surface area contributed by atoms with Crippen molar-refractivity contribution in [1.29, 1.82) is 0 Å². The summed E-state index contributed by atoms with van der Waals surface area (Å²) in [6, 6.07) is 22.6. The van der Waals surface area contributed by atoms with Gasteiger partial charge in [0.05, 0.1) is 0 Å². The van der Waals surface area contributed by atoms with Crippen molar-refractivity contribution in [3.05, 3.63) is 92.9 Å². The molecule has 0 saturated carbocycles. The quantitative estimate of drug-likeness (QED) is 0.198. The molecule has 2 aromatic carbocycles. The van der Waals surface area contributed by atoms with Crippen LogP contribution in [0.5, 0.6) is 0 Å². The molecule has 0 unspecified atom stereocenters. The minimum absolute atomic E-state index is 1.34. The molecule has 172 valence electrons.